The van der Waals surface area contributed by atoms with Gasteiger partial charge in [-0.1, -0.05) is 0 Å². The van der Waals surface area contributed by atoms with E-state index in [4.69, 9.17) is 10.8 Å². The lowest BCUT2D eigenvalue weighted by Crippen LogP contribution is -2.11. The number of rotatable bonds is 1. The van der Waals surface area contributed by atoms with Crippen molar-refractivity contribution < 1.29 is 23.1 Å². The molecule has 1 aromatic carbocycles. The number of hydrogen-bond acceptors (Lipinski definition) is 2. The number of halogens is 3. The van der Waals surface area contributed by atoms with Crippen molar-refractivity contribution in [3.05, 3.63) is 23.8 Å². The summed E-state index contributed by atoms with van der Waals surface area (Å²) >= 11 is 0. The minimum Gasteiger partial charge on any atom is -0.465 e. The number of anilines is 2. The molecule has 1 rings (SSSR count). The van der Waals surface area contributed by atoms with E-state index in [1.807, 2.05) is 5.32 Å². The van der Waals surface area contributed by atoms with E-state index in [9.17, 15) is 18.0 Å². The van der Waals surface area contributed by atoms with E-state index in [0.29, 0.717) is 6.07 Å². The number of hydrogen-bond donors (Lipinski definition) is 3. The summed E-state index contributed by atoms with van der Waals surface area (Å²) in [6.45, 7) is 0. The van der Waals surface area contributed by atoms with Gasteiger partial charge in [0.1, 0.15) is 0 Å². The molecule has 0 aliphatic rings. The molecule has 0 aliphatic heterocycles. The maximum atomic E-state index is 12.2. The lowest BCUT2D eigenvalue weighted by molar-refractivity contribution is -0.137. The molecule has 0 saturated carbocycles. The third kappa shape index (κ3) is 2.76. The first-order chi connectivity index (χ1) is 6.80. The van der Waals surface area contributed by atoms with Crippen molar-refractivity contribution in [2.45, 2.75) is 6.18 Å². The third-order valence-electron chi connectivity index (χ3n) is 1.62. The number of carbonyl (C=O) groups is 1. The molecule has 0 bridgehead atoms. The first-order valence-corrected chi connectivity index (χ1v) is 3.77. The molecule has 15 heavy (non-hydrogen) atoms. The fourth-order valence-corrected chi connectivity index (χ4v) is 0.968. The zero-order valence-electron chi connectivity index (χ0n) is 7.30. The maximum Gasteiger partial charge on any atom is 0.416 e. The van der Waals surface area contributed by atoms with Crippen LogP contribution in [0.15, 0.2) is 18.2 Å². The first-order valence-electron chi connectivity index (χ1n) is 3.77. The number of alkyl halides is 3. The smallest absolute Gasteiger partial charge is 0.416 e. The Morgan fingerprint density at radius 3 is 2.40 bits per heavy atom. The van der Waals surface area contributed by atoms with Gasteiger partial charge in [0, 0.05) is 0 Å². The second-order valence-electron chi connectivity index (χ2n) is 2.73. The zero-order chi connectivity index (χ0) is 11.6. The predicted octanol–water partition coefficient (Wildman–Crippen LogP) is 2.38. The molecule has 0 spiro atoms. The highest BCUT2D eigenvalue weighted by molar-refractivity contribution is 5.87. The second-order valence-corrected chi connectivity index (χ2v) is 2.73. The molecule has 0 aromatic heterocycles. The lowest BCUT2D eigenvalue weighted by atomic mass is 10.1. The molecule has 4 nitrogen and oxygen atoms in total. The van der Waals surface area contributed by atoms with Crippen LogP contribution in [0.4, 0.5) is 29.3 Å². The normalized spacial score (nSPS) is 11.1. The van der Waals surface area contributed by atoms with Gasteiger partial charge >= 0.3 is 12.3 Å². The SMILES string of the molecule is Nc1cc(C(F)(F)F)ccc1NC(=O)O. The van der Waals surface area contributed by atoms with Crippen molar-refractivity contribution in [3.8, 4) is 0 Å². The highest BCUT2D eigenvalue weighted by Gasteiger charge is 2.30. The van der Waals surface area contributed by atoms with Gasteiger partial charge < -0.3 is 10.8 Å². The number of nitrogens with one attached hydrogen (secondary N) is 1. The molecule has 0 atom stereocenters. The molecular formula is C8H7F3N2O2. The molecule has 1 aromatic rings. The lowest BCUT2D eigenvalue weighted by Gasteiger charge is -2.10. The fourth-order valence-electron chi connectivity index (χ4n) is 0.968. The maximum absolute atomic E-state index is 12.2. The molecule has 0 heterocycles. The number of carboxylic acid groups (broad SMARTS) is 1. The molecule has 0 aliphatic carbocycles. The summed E-state index contributed by atoms with van der Waals surface area (Å²) in [6, 6.07) is 2.39. The standard InChI is InChI=1S/C8H7F3N2O2/c9-8(10,11)4-1-2-6(5(12)3-4)13-7(14)15/h1-3,13H,12H2,(H,14,15). The van der Waals surface area contributed by atoms with Crippen LogP contribution in [0.1, 0.15) is 5.56 Å². The Morgan fingerprint density at radius 1 is 1.40 bits per heavy atom. The van der Waals surface area contributed by atoms with Crippen LogP contribution in [-0.2, 0) is 6.18 Å². The summed E-state index contributed by atoms with van der Waals surface area (Å²) in [4.78, 5) is 10.2. The minimum atomic E-state index is -4.49. The molecular weight excluding hydrogens is 213 g/mol. The van der Waals surface area contributed by atoms with Crippen LogP contribution in [0.3, 0.4) is 0 Å². The summed E-state index contributed by atoms with van der Waals surface area (Å²) in [5.41, 5.74) is 3.98. The number of amides is 1. The molecule has 4 N–H and O–H groups in total. The summed E-state index contributed by atoms with van der Waals surface area (Å²) < 4.78 is 36.5. The van der Waals surface area contributed by atoms with Gasteiger partial charge in [-0.15, -0.1) is 0 Å². The Labute approximate surface area is 82.5 Å². The second kappa shape index (κ2) is 3.68. The van der Waals surface area contributed by atoms with Crippen molar-refractivity contribution in [3.63, 3.8) is 0 Å². The Kier molecular flexibility index (Phi) is 2.74. The van der Waals surface area contributed by atoms with E-state index >= 15 is 0 Å². The fraction of sp³-hybridized carbons (Fsp3) is 0.125. The average molecular weight is 220 g/mol. The zero-order valence-corrected chi connectivity index (χ0v) is 7.30. The van der Waals surface area contributed by atoms with E-state index in [2.05, 4.69) is 0 Å². The van der Waals surface area contributed by atoms with Gasteiger partial charge in [0.15, 0.2) is 0 Å². The van der Waals surface area contributed by atoms with Crippen molar-refractivity contribution in [1.29, 1.82) is 0 Å². The van der Waals surface area contributed by atoms with Crippen LogP contribution < -0.4 is 11.1 Å². The molecule has 0 saturated heterocycles. The van der Waals surface area contributed by atoms with Gasteiger partial charge in [0.05, 0.1) is 16.9 Å². The van der Waals surface area contributed by atoms with Crippen molar-refractivity contribution in [2.24, 2.45) is 0 Å². The molecule has 7 heteroatoms. The molecule has 82 valence electrons. The topological polar surface area (TPSA) is 75.3 Å². The Hall–Kier alpha value is -1.92. The summed E-state index contributed by atoms with van der Waals surface area (Å²) in [6.07, 6.45) is -5.88. The van der Waals surface area contributed by atoms with Gasteiger partial charge in [0.2, 0.25) is 0 Å². The highest BCUT2D eigenvalue weighted by Crippen LogP contribution is 2.32. The van der Waals surface area contributed by atoms with E-state index in [0.717, 1.165) is 12.1 Å². The molecule has 0 unspecified atom stereocenters. The van der Waals surface area contributed by atoms with Crippen LogP contribution in [0, 0.1) is 0 Å². The molecule has 0 radical (unpaired) electrons. The third-order valence-corrected chi connectivity index (χ3v) is 1.62. The minimum absolute atomic E-state index is 0.0736. The van der Waals surface area contributed by atoms with Gasteiger partial charge in [0.25, 0.3) is 0 Å². The van der Waals surface area contributed by atoms with Crippen LogP contribution in [0.25, 0.3) is 0 Å². The average Bonchev–Trinajstić information content (AvgIpc) is 2.05. The summed E-state index contributed by atoms with van der Waals surface area (Å²) in [5.74, 6) is 0. The van der Waals surface area contributed by atoms with Crippen molar-refractivity contribution >= 4 is 17.5 Å². The molecule has 0 fully saturated rings. The quantitative estimate of drug-likeness (QED) is 0.636. The Bertz CT molecular complexity index is 390. The number of nitrogens with two attached hydrogens (primary N) is 1. The van der Waals surface area contributed by atoms with E-state index in [1.165, 1.54) is 0 Å². The van der Waals surface area contributed by atoms with Crippen LogP contribution in [-0.4, -0.2) is 11.2 Å². The largest absolute Gasteiger partial charge is 0.465 e. The Morgan fingerprint density at radius 2 is 2.00 bits per heavy atom. The van der Waals surface area contributed by atoms with Gasteiger partial charge in [-0.2, -0.15) is 13.2 Å². The van der Waals surface area contributed by atoms with Crippen molar-refractivity contribution in [1.82, 2.24) is 0 Å². The van der Waals surface area contributed by atoms with Gasteiger partial charge in [-0.05, 0) is 18.2 Å². The number of benzene rings is 1. The molecule has 1 amide bonds. The van der Waals surface area contributed by atoms with Crippen LogP contribution in [0.2, 0.25) is 0 Å². The van der Waals surface area contributed by atoms with E-state index in [1.54, 1.807) is 0 Å². The van der Waals surface area contributed by atoms with E-state index in [-0.39, 0.29) is 11.4 Å². The first kappa shape index (κ1) is 11.2. The van der Waals surface area contributed by atoms with Crippen LogP contribution in [0.5, 0.6) is 0 Å². The van der Waals surface area contributed by atoms with Gasteiger partial charge in [-0.25, -0.2) is 4.79 Å². The predicted molar refractivity (Wildman–Crippen MR) is 47.5 cm³/mol. The van der Waals surface area contributed by atoms with E-state index < -0.39 is 17.8 Å². The van der Waals surface area contributed by atoms with Crippen LogP contribution >= 0.6 is 0 Å². The highest BCUT2D eigenvalue weighted by atomic mass is 19.4. The Balaban J connectivity index is 3.03. The monoisotopic (exact) mass is 220 g/mol. The summed E-state index contributed by atoms with van der Waals surface area (Å²) in [7, 11) is 0. The number of nitrogen functional groups attached to an aromatic ring is 1. The van der Waals surface area contributed by atoms with Gasteiger partial charge in [-0.3, -0.25) is 5.32 Å². The summed E-state index contributed by atoms with van der Waals surface area (Å²) in [5, 5.41) is 10.2. The van der Waals surface area contributed by atoms with Crippen molar-refractivity contribution in [2.75, 3.05) is 11.1 Å².